The topological polar surface area (TPSA) is 46.3 Å². The highest BCUT2D eigenvalue weighted by atomic mass is 16.2. The molecule has 0 bridgehead atoms. The van der Waals surface area contributed by atoms with Crippen molar-refractivity contribution in [2.24, 2.45) is 11.7 Å². The lowest BCUT2D eigenvalue weighted by Gasteiger charge is -2.29. The molecule has 1 aromatic rings. The van der Waals surface area contributed by atoms with Gasteiger partial charge in [-0.05, 0) is 31.4 Å². The molecule has 19 heavy (non-hydrogen) atoms. The summed E-state index contributed by atoms with van der Waals surface area (Å²) in [5.74, 6) is 0.450. The largest absolute Gasteiger partial charge is 0.336 e. The van der Waals surface area contributed by atoms with Gasteiger partial charge in [0.05, 0.1) is 0 Å². The molecule has 0 aliphatic heterocycles. The van der Waals surface area contributed by atoms with Gasteiger partial charge in [-0.3, -0.25) is 4.79 Å². The van der Waals surface area contributed by atoms with Gasteiger partial charge in [0.2, 0.25) is 5.91 Å². The van der Waals surface area contributed by atoms with E-state index in [-0.39, 0.29) is 17.9 Å². The third kappa shape index (κ3) is 5.03. The lowest BCUT2D eigenvalue weighted by atomic mass is 10.1. The smallest absolute Gasteiger partial charge is 0.223 e. The van der Waals surface area contributed by atoms with E-state index in [1.807, 2.05) is 30.0 Å². The number of hydrogen-bond acceptors (Lipinski definition) is 2. The number of carbonyl (C=O) groups is 1. The van der Waals surface area contributed by atoms with Crippen LogP contribution in [-0.4, -0.2) is 23.4 Å². The Balaban J connectivity index is 2.74. The van der Waals surface area contributed by atoms with Crippen LogP contribution < -0.4 is 5.73 Å². The van der Waals surface area contributed by atoms with Gasteiger partial charge in [-0.15, -0.1) is 0 Å². The molecule has 2 atom stereocenters. The molecule has 1 amide bonds. The van der Waals surface area contributed by atoms with E-state index in [2.05, 4.69) is 26.0 Å². The van der Waals surface area contributed by atoms with Crippen LogP contribution in [0.25, 0.3) is 0 Å². The summed E-state index contributed by atoms with van der Waals surface area (Å²) in [5.41, 5.74) is 6.79. The predicted molar refractivity (Wildman–Crippen MR) is 79.6 cm³/mol. The quantitative estimate of drug-likeness (QED) is 0.821. The zero-order valence-electron chi connectivity index (χ0n) is 12.3. The molecule has 0 saturated heterocycles. The van der Waals surface area contributed by atoms with E-state index in [1.165, 1.54) is 5.56 Å². The molecule has 0 aromatic heterocycles. The normalized spacial score (nSPS) is 13.9. The second-order valence-corrected chi connectivity index (χ2v) is 5.31. The van der Waals surface area contributed by atoms with E-state index in [0.29, 0.717) is 19.5 Å². The third-order valence-corrected chi connectivity index (χ3v) is 3.56. The number of amides is 1. The minimum absolute atomic E-state index is 0.205. The summed E-state index contributed by atoms with van der Waals surface area (Å²) in [6.07, 6.45) is 1.50. The van der Waals surface area contributed by atoms with Gasteiger partial charge in [-0.1, -0.05) is 44.2 Å². The zero-order chi connectivity index (χ0) is 14.3. The first-order valence-corrected chi connectivity index (χ1v) is 7.11. The van der Waals surface area contributed by atoms with E-state index >= 15 is 0 Å². The maximum Gasteiger partial charge on any atom is 0.223 e. The van der Waals surface area contributed by atoms with Crippen LogP contribution in [0.3, 0.4) is 0 Å². The lowest BCUT2D eigenvalue weighted by Crippen LogP contribution is -2.39. The van der Waals surface area contributed by atoms with E-state index < -0.39 is 0 Å². The van der Waals surface area contributed by atoms with Gasteiger partial charge in [0.1, 0.15) is 0 Å². The second-order valence-electron chi connectivity index (χ2n) is 5.31. The number of hydrogen-bond donors (Lipinski definition) is 1. The van der Waals surface area contributed by atoms with Crippen molar-refractivity contribution in [3.8, 4) is 0 Å². The Kier molecular flexibility index (Phi) is 6.57. The molecule has 2 N–H and O–H groups in total. The van der Waals surface area contributed by atoms with Crippen LogP contribution in [-0.2, 0) is 11.3 Å². The van der Waals surface area contributed by atoms with Gasteiger partial charge in [-0.25, -0.2) is 0 Å². The molecule has 0 radical (unpaired) electrons. The first kappa shape index (κ1) is 15.7. The van der Waals surface area contributed by atoms with Gasteiger partial charge in [0, 0.05) is 19.0 Å². The van der Waals surface area contributed by atoms with Crippen molar-refractivity contribution in [3.05, 3.63) is 35.9 Å². The van der Waals surface area contributed by atoms with E-state index in [4.69, 9.17) is 5.73 Å². The predicted octanol–water partition coefficient (Wildman–Crippen LogP) is 2.80. The lowest BCUT2D eigenvalue weighted by molar-refractivity contribution is -0.134. The van der Waals surface area contributed by atoms with Crippen molar-refractivity contribution in [1.29, 1.82) is 0 Å². The molecule has 0 fully saturated rings. The van der Waals surface area contributed by atoms with Gasteiger partial charge < -0.3 is 10.6 Å². The van der Waals surface area contributed by atoms with Crippen molar-refractivity contribution in [2.45, 2.75) is 46.2 Å². The Morgan fingerprint density at radius 3 is 2.42 bits per heavy atom. The molecule has 2 unspecified atom stereocenters. The monoisotopic (exact) mass is 262 g/mol. The summed E-state index contributed by atoms with van der Waals surface area (Å²) < 4.78 is 0. The molecule has 0 aliphatic rings. The Bertz CT molecular complexity index is 378. The fourth-order valence-corrected chi connectivity index (χ4v) is 1.99. The number of rotatable bonds is 7. The molecular formula is C16H26N2O. The fourth-order valence-electron chi connectivity index (χ4n) is 1.99. The maximum atomic E-state index is 12.4. The minimum Gasteiger partial charge on any atom is -0.336 e. The summed E-state index contributed by atoms with van der Waals surface area (Å²) in [6.45, 7) is 7.49. The van der Waals surface area contributed by atoms with E-state index in [1.54, 1.807) is 0 Å². The Morgan fingerprint density at radius 1 is 1.26 bits per heavy atom. The van der Waals surface area contributed by atoms with Gasteiger partial charge >= 0.3 is 0 Å². The van der Waals surface area contributed by atoms with Crippen molar-refractivity contribution in [1.82, 2.24) is 4.90 Å². The molecular weight excluding hydrogens is 236 g/mol. The molecule has 0 heterocycles. The van der Waals surface area contributed by atoms with Gasteiger partial charge in [-0.2, -0.15) is 0 Å². The van der Waals surface area contributed by atoms with Crippen molar-refractivity contribution in [3.63, 3.8) is 0 Å². The number of benzene rings is 1. The summed E-state index contributed by atoms with van der Waals surface area (Å²) in [5, 5.41) is 0. The van der Waals surface area contributed by atoms with Crippen molar-refractivity contribution < 1.29 is 4.79 Å². The van der Waals surface area contributed by atoms with Crippen LogP contribution in [0.4, 0.5) is 0 Å². The summed E-state index contributed by atoms with van der Waals surface area (Å²) in [6, 6.07) is 10.4. The van der Waals surface area contributed by atoms with Crippen molar-refractivity contribution >= 4 is 5.91 Å². The van der Waals surface area contributed by atoms with Crippen LogP contribution >= 0.6 is 0 Å². The van der Waals surface area contributed by atoms with Crippen molar-refractivity contribution in [2.75, 3.05) is 6.54 Å². The Hall–Kier alpha value is -1.35. The Labute approximate surface area is 116 Å². The van der Waals surface area contributed by atoms with Crippen LogP contribution in [0.15, 0.2) is 30.3 Å². The van der Waals surface area contributed by atoms with Crippen LogP contribution in [0, 0.1) is 5.92 Å². The molecule has 0 spiro atoms. The first-order valence-electron chi connectivity index (χ1n) is 7.11. The number of carbonyl (C=O) groups excluding carboxylic acids is 1. The Morgan fingerprint density at radius 2 is 1.89 bits per heavy atom. The minimum atomic E-state index is 0.205. The SMILES string of the molecule is CCC(C)N(Cc1ccccc1)C(=O)CC(C)CN. The molecule has 1 aromatic carbocycles. The molecule has 0 saturated carbocycles. The zero-order valence-corrected chi connectivity index (χ0v) is 12.3. The average Bonchev–Trinajstić information content (AvgIpc) is 2.44. The maximum absolute atomic E-state index is 12.4. The number of nitrogens with two attached hydrogens (primary N) is 1. The van der Waals surface area contributed by atoms with E-state index in [0.717, 1.165) is 6.42 Å². The van der Waals surface area contributed by atoms with E-state index in [9.17, 15) is 4.79 Å². The molecule has 3 heteroatoms. The fraction of sp³-hybridized carbons (Fsp3) is 0.562. The van der Waals surface area contributed by atoms with Crippen LogP contribution in [0.2, 0.25) is 0 Å². The molecule has 1 rings (SSSR count). The summed E-state index contributed by atoms with van der Waals surface area (Å²) in [7, 11) is 0. The van der Waals surface area contributed by atoms with Crippen LogP contribution in [0.5, 0.6) is 0 Å². The van der Waals surface area contributed by atoms with Crippen LogP contribution in [0.1, 0.15) is 39.2 Å². The third-order valence-electron chi connectivity index (χ3n) is 3.56. The highest BCUT2D eigenvalue weighted by Gasteiger charge is 2.20. The highest BCUT2D eigenvalue weighted by Crippen LogP contribution is 2.14. The molecule has 106 valence electrons. The summed E-state index contributed by atoms with van der Waals surface area (Å²) in [4.78, 5) is 14.4. The first-order chi connectivity index (χ1) is 9.08. The van der Waals surface area contributed by atoms with Gasteiger partial charge in [0.25, 0.3) is 0 Å². The molecule has 0 aliphatic carbocycles. The second kappa shape index (κ2) is 7.95. The average molecular weight is 262 g/mol. The highest BCUT2D eigenvalue weighted by molar-refractivity contribution is 5.76. The number of nitrogens with zero attached hydrogens (tertiary/aromatic N) is 1. The van der Waals surface area contributed by atoms with Gasteiger partial charge in [0.15, 0.2) is 0 Å². The molecule has 3 nitrogen and oxygen atoms in total. The summed E-state index contributed by atoms with van der Waals surface area (Å²) >= 11 is 0. The standard InChI is InChI=1S/C16H26N2O/c1-4-14(3)18(16(19)10-13(2)11-17)12-15-8-6-5-7-9-15/h5-9,13-14H,4,10-12,17H2,1-3H3.